The Kier molecular flexibility index (Phi) is 8.72. The molecule has 3 aromatic rings. The van der Waals surface area contributed by atoms with Gasteiger partial charge < -0.3 is 10.2 Å². The summed E-state index contributed by atoms with van der Waals surface area (Å²) in [7, 11) is 0. The van der Waals surface area contributed by atoms with Gasteiger partial charge in [0.1, 0.15) is 6.04 Å². The molecular weight excluding hydrogens is 443 g/mol. The number of amides is 2. The molecule has 166 valence electrons. The van der Waals surface area contributed by atoms with E-state index in [9.17, 15) is 9.59 Å². The van der Waals surface area contributed by atoms with Crippen LogP contribution in [0.15, 0.2) is 78.9 Å². The van der Waals surface area contributed by atoms with Crippen LogP contribution in [-0.4, -0.2) is 22.8 Å². The van der Waals surface area contributed by atoms with Gasteiger partial charge in [-0.1, -0.05) is 77.8 Å². The van der Waals surface area contributed by atoms with Crippen LogP contribution in [0, 0.1) is 0 Å². The Morgan fingerprint density at radius 2 is 1.38 bits per heavy atom. The van der Waals surface area contributed by atoms with Gasteiger partial charge in [-0.05, 0) is 54.3 Å². The molecule has 3 aromatic carbocycles. The number of benzene rings is 3. The molecule has 1 N–H and O–H groups in total. The first kappa shape index (κ1) is 23.8. The molecule has 3 rings (SSSR count). The van der Waals surface area contributed by atoms with Gasteiger partial charge in [0.2, 0.25) is 11.8 Å². The van der Waals surface area contributed by atoms with E-state index in [-0.39, 0.29) is 11.8 Å². The minimum atomic E-state index is -0.624. The number of aryl methyl sites for hydroxylation is 1. The van der Waals surface area contributed by atoms with Gasteiger partial charge in [0.05, 0.1) is 0 Å². The highest BCUT2D eigenvalue weighted by atomic mass is 35.5. The number of halogens is 2. The van der Waals surface area contributed by atoms with Crippen molar-refractivity contribution in [3.05, 3.63) is 106 Å². The summed E-state index contributed by atoms with van der Waals surface area (Å²) in [5, 5.41) is 4.20. The number of carbonyl (C=O) groups is 2. The van der Waals surface area contributed by atoms with Crippen molar-refractivity contribution in [2.24, 2.45) is 0 Å². The lowest BCUT2D eigenvalue weighted by atomic mass is 10.1. The molecule has 0 bridgehead atoms. The summed E-state index contributed by atoms with van der Waals surface area (Å²) in [5.74, 6) is -0.278. The van der Waals surface area contributed by atoms with Crippen LogP contribution in [0.5, 0.6) is 0 Å². The van der Waals surface area contributed by atoms with E-state index < -0.39 is 6.04 Å². The molecule has 1 atom stereocenters. The second-order valence-corrected chi connectivity index (χ2v) is 8.53. The highest BCUT2D eigenvalue weighted by Gasteiger charge is 2.25. The first-order valence-corrected chi connectivity index (χ1v) is 11.3. The van der Waals surface area contributed by atoms with E-state index in [4.69, 9.17) is 23.2 Å². The van der Waals surface area contributed by atoms with Crippen LogP contribution in [0.4, 0.5) is 0 Å². The highest BCUT2D eigenvalue weighted by molar-refractivity contribution is 6.30. The predicted octanol–water partition coefficient (Wildman–Crippen LogP) is 5.66. The van der Waals surface area contributed by atoms with E-state index in [1.54, 1.807) is 36.1 Å². The monoisotopic (exact) mass is 468 g/mol. The molecule has 0 heterocycles. The molecule has 0 saturated heterocycles. The summed E-state index contributed by atoms with van der Waals surface area (Å²) in [5.41, 5.74) is 2.95. The number of hydrogen-bond donors (Lipinski definition) is 1. The Hall–Kier alpha value is -2.82. The fraction of sp³-hybridized carbons (Fsp3) is 0.231. The Labute approximate surface area is 199 Å². The van der Waals surface area contributed by atoms with Gasteiger partial charge in [-0.15, -0.1) is 0 Å². The number of carbonyl (C=O) groups excluding carboxylic acids is 2. The molecule has 0 unspecified atom stereocenters. The van der Waals surface area contributed by atoms with Gasteiger partial charge in [-0.3, -0.25) is 9.59 Å². The first-order chi connectivity index (χ1) is 15.4. The quantitative estimate of drug-likeness (QED) is 0.440. The molecule has 0 fully saturated rings. The maximum absolute atomic E-state index is 13.2. The van der Waals surface area contributed by atoms with Crippen molar-refractivity contribution in [1.29, 1.82) is 0 Å². The van der Waals surface area contributed by atoms with E-state index >= 15 is 0 Å². The topological polar surface area (TPSA) is 49.4 Å². The highest BCUT2D eigenvalue weighted by Crippen LogP contribution is 2.16. The third-order valence-electron chi connectivity index (χ3n) is 5.28. The lowest BCUT2D eigenvalue weighted by Crippen LogP contribution is -2.47. The van der Waals surface area contributed by atoms with E-state index in [0.29, 0.717) is 36.0 Å². The van der Waals surface area contributed by atoms with Crippen molar-refractivity contribution in [2.75, 3.05) is 0 Å². The Bertz CT molecular complexity index is 1020. The van der Waals surface area contributed by atoms with Gasteiger partial charge in [0.25, 0.3) is 0 Å². The first-order valence-electron chi connectivity index (χ1n) is 10.5. The Morgan fingerprint density at radius 1 is 0.812 bits per heavy atom. The summed E-state index contributed by atoms with van der Waals surface area (Å²) in [6.45, 7) is 2.46. The molecule has 0 spiro atoms. The van der Waals surface area contributed by atoms with Crippen LogP contribution in [0.25, 0.3) is 0 Å². The lowest BCUT2D eigenvalue weighted by Gasteiger charge is -2.29. The smallest absolute Gasteiger partial charge is 0.242 e. The Morgan fingerprint density at radius 3 is 1.97 bits per heavy atom. The maximum atomic E-state index is 13.2. The van der Waals surface area contributed by atoms with Crippen LogP contribution in [-0.2, 0) is 29.1 Å². The molecule has 0 aliphatic carbocycles. The largest absolute Gasteiger partial charge is 0.350 e. The molecule has 0 aliphatic rings. The van der Waals surface area contributed by atoms with E-state index in [1.165, 1.54) is 0 Å². The van der Waals surface area contributed by atoms with E-state index in [2.05, 4.69) is 5.32 Å². The van der Waals surface area contributed by atoms with Crippen molar-refractivity contribution < 1.29 is 9.59 Å². The molecular formula is C26H26Cl2N2O2. The van der Waals surface area contributed by atoms with Gasteiger partial charge in [-0.25, -0.2) is 0 Å². The molecule has 32 heavy (non-hydrogen) atoms. The summed E-state index contributed by atoms with van der Waals surface area (Å²) < 4.78 is 0. The number of nitrogens with one attached hydrogen (secondary N) is 1. The van der Waals surface area contributed by atoms with Crippen LogP contribution >= 0.6 is 23.2 Å². The van der Waals surface area contributed by atoms with Gasteiger partial charge in [-0.2, -0.15) is 0 Å². The van der Waals surface area contributed by atoms with Crippen molar-refractivity contribution in [2.45, 2.75) is 38.9 Å². The summed E-state index contributed by atoms with van der Waals surface area (Å²) >= 11 is 11.9. The maximum Gasteiger partial charge on any atom is 0.242 e. The molecule has 0 saturated carbocycles. The fourth-order valence-corrected chi connectivity index (χ4v) is 3.60. The normalized spacial score (nSPS) is 11.6. The standard InChI is InChI=1S/C26H26Cl2N2O2/c1-19(26(32)29-17-21-7-12-23(27)13-8-21)30(18-22-9-14-24(28)15-10-22)25(31)16-11-20-5-3-2-4-6-20/h2-10,12-15,19H,11,16-18H2,1H3,(H,29,32)/t19-/m0/s1. The predicted molar refractivity (Wildman–Crippen MR) is 130 cm³/mol. The van der Waals surface area contributed by atoms with Crippen molar-refractivity contribution in [3.8, 4) is 0 Å². The molecule has 4 nitrogen and oxygen atoms in total. The zero-order valence-corrected chi connectivity index (χ0v) is 19.4. The molecule has 2 amide bonds. The van der Waals surface area contributed by atoms with Crippen molar-refractivity contribution in [1.82, 2.24) is 10.2 Å². The summed E-state index contributed by atoms with van der Waals surface area (Å²) in [6.07, 6.45) is 0.947. The molecule has 0 radical (unpaired) electrons. The average molecular weight is 469 g/mol. The van der Waals surface area contributed by atoms with E-state index in [0.717, 1.165) is 16.7 Å². The Balaban J connectivity index is 1.68. The van der Waals surface area contributed by atoms with Gasteiger partial charge in [0.15, 0.2) is 0 Å². The number of nitrogens with zero attached hydrogens (tertiary/aromatic N) is 1. The SMILES string of the molecule is C[C@@H](C(=O)NCc1ccc(Cl)cc1)N(Cc1ccc(Cl)cc1)C(=O)CCc1ccccc1. The van der Waals surface area contributed by atoms with Gasteiger partial charge >= 0.3 is 0 Å². The van der Waals surface area contributed by atoms with Crippen LogP contribution in [0.2, 0.25) is 10.0 Å². The lowest BCUT2D eigenvalue weighted by molar-refractivity contribution is -0.140. The van der Waals surface area contributed by atoms with E-state index in [1.807, 2.05) is 54.6 Å². The molecule has 6 heteroatoms. The summed E-state index contributed by atoms with van der Waals surface area (Å²) in [6, 6.07) is 23.9. The zero-order valence-electron chi connectivity index (χ0n) is 17.9. The minimum absolute atomic E-state index is 0.0713. The second kappa shape index (κ2) is 11.7. The van der Waals surface area contributed by atoms with Crippen molar-refractivity contribution >= 4 is 35.0 Å². The fourth-order valence-electron chi connectivity index (χ4n) is 3.35. The second-order valence-electron chi connectivity index (χ2n) is 7.65. The van der Waals surface area contributed by atoms with Crippen LogP contribution in [0.3, 0.4) is 0 Å². The molecule has 0 aromatic heterocycles. The van der Waals surface area contributed by atoms with Gasteiger partial charge in [0, 0.05) is 29.6 Å². The average Bonchev–Trinajstić information content (AvgIpc) is 2.82. The van der Waals surface area contributed by atoms with Crippen LogP contribution < -0.4 is 5.32 Å². The zero-order chi connectivity index (χ0) is 22.9. The van der Waals surface area contributed by atoms with Crippen molar-refractivity contribution in [3.63, 3.8) is 0 Å². The third kappa shape index (κ3) is 7.11. The summed E-state index contributed by atoms with van der Waals surface area (Å²) in [4.78, 5) is 27.7. The van der Waals surface area contributed by atoms with Crippen LogP contribution in [0.1, 0.15) is 30.0 Å². The number of hydrogen-bond acceptors (Lipinski definition) is 2. The third-order valence-corrected chi connectivity index (χ3v) is 5.79. The minimum Gasteiger partial charge on any atom is -0.350 e. The number of rotatable bonds is 9. The molecule has 0 aliphatic heterocycles.